The molecule has 4 amide bonds. The second-order valence-electron chi connectivity index (χ2n) is 6.98. The number of rotatable bonds is 5. The lowest BCUT2D eigenvalue weighted by Gasteiger charge is -2.26. The first-order chi connectivity index (χ1) is 15.8. The van der Waals surface area contributed by atoms with Crippen molar-refractivity contribution in [3.8, 4) is 5.75 Å². The number of carbonyl (C=O) groups is 3. The highest BCUT2D eigenvalue weighted by molar-refractivity contribution is 9.11. The molecule has 9 heteroatoms. The summed E-state index contributed by atoms with van der Waals surface area (Å²) in [5, 5.41) is 2.19. The molecule has 0 spiro atoms. The number of para-hydroxylation sites is 1. The minimum absolute atomic E-state index is 0.0716. The van der Waals surface area contributed by atoms with E-state index >= 15 is 0 Å². The second kappa shape index (κ2) is 9.68. The monoisotopic (exact) mass is 572 g/mol. The molecule has 0 unspecified atom stereocenters. The lowest BCUT2D eigenvalue weighted by atomic mass is 10.1. The van der Waals surface area contributed by atoms with Crippen LogP contribution >= 0.6 is 31.9 Å². The van der Waals surface area contributed by atoms with Gasteiger partial charge in [0.2, 0.25) is 0 Å². The minimum Gasteiger partial charge on any atom is -0.487 e. The molecule has 0 atom stereocenters. The Morgan fingerprint density at radius 1 is 0.970 bits per heavy atom. The summed E-state index contributed by atoms with van der Waals surface area (Å²) >= 11 is 6.80. The molecule has 0 bridgehead atoms. The number of imide groups is 2. The van der Waals surface area contributed by atoms with Crippen LogP contribution in [0.4, 0.5) is 14.9 Å². The van der Waals surface area contributed by atoms with Crippen molar-refractivity contribution in [2.24, 2.45) is 0 Å². The number of ether oxygens (including phenoxy) is 1. The van der Waals surface area contributed by atoms with Gasteiger partial charge in [-0.2, -0.15) is 0 Å². The van der Waals surface area contributed by atoms with Gasteiger partial charge < -0.3 is 4.74 Å². The number of amides is 4. The maximum Gasteiger partial charge on any atom is 0.335 e. The molecule has 3 aromatic rings. The van der Waals surface area contributed by atoms with E-state index in [1.54, 1.807) is 60.7 Å². The average Bonchev–Trinajstić information content (AvgIpc) is 2.77. The fourth-order valence-electron chi connectivity index (χ4n) is 3.23. The van der Waals surface area contributed by atoms with Crippen LogP contribution in [0.2, 0.25) is 0 Å². The Kier molecular flexibility index (Phi) is 6.71. The summed E-state index contributed by atoms with van der Waals surface area (Å²) in [5.41, 5.74) is 0.802. The first-order valence-electron chi connectivity index (χ1n) is 9.67. The van der Waals surface area contributed by atoms with Crippen LogP contribution in [-0.4, -0.2) is 17.8 Å². The van der Waals surface area contributed by atoms with Crippen molar-refractivity contribution < 1.29 is 23.5 Å². The molecule has 1 N–H and O–H groups in total. The van der Waals surface area contributed by atoms with Crippen LogP contribution in [-0.2, 0) is 16.2 Å². The first-order valence-corrected chi connectivity index (χ1v) is 11.3. The van der Waals surface area contributed by atoms with Crippen LogP contribution in [0.3, 0.4) is 0 Å². The van der Waals surface area contributed by atoms with Gasteiger partial charge in [0, 0.05) is 15.6 Å². The summed E-state index contributed by atoms with van der Waals surface area (Å²) in [6.07, 6.45) is 1.34. The van der Waals surface area contributed by atoms with E-state index in [4.69, 9.17) is 4.74 Å². The lowest BCUT2D eigenvalue weighted by molar-refractivity contribution is -0.122. The Morgan fingerprint density at radius 3 is 2.39 bits per heavy atom. The van der Waals surface area contributed by atoms with Crippen molar-refractivity contribution in [1.29, 1.82) is 0 Å². The molecule has 1 saturated heterocycles. The van der Waals surface area contributed by atoms with E-state index in [1.807, 2.05) is 0 Å². The number of halogens is 3. The molecule has 1 aliphatic heterocycles. The normalized spacial score (nSPS) is 15.1. The molecule has 6 nitrogen and oxygen atoms in total. The van der Waals surface area contributed by atoms with E-state index in [0.29, 0.717) is 31.5 Å². The zero-order chi connectivity index (χ0) is 23.5. The van der Waals surface area contributed by atoms with Gasteiger partial charge in [0.1, 0.15) is 23.7 Å². The molecule has 0 radical (unpaired) electrons. The van der Waals surface area contributed by atoms with E-state index in [9.17, 15) is 18.8 Å². The fourth-order valence-corrected chi connectivity index (χ4v) is 4.60. The average molecular weight is 574 g/mol. The molecule has 3 aromatic carbocycles. The largest absolute Gasteiger partial charge is 0.487 e. The topological polar surface area (TPSA) is 75.7 Å². The molecule has 1 fully saturated rings. The molecule has 1 aliphatic rings. The molecular formula is C24H15Br2FN2O4. The van der Waals surface area contributed by atoms with E-state index in [1.165, 1.54) is 12.1 Å². The van der Waals surface area contributed by atoms with E-state index < -0.39 is 23.7 Å². The third kappa shape index (κ3) is 4.89. The quantitative estimate of drug-likeness (QED) is 0.319. The number of anilines is 1. The van der Waals surface area contributed by atoms with Gasteiger partial charge in [0.05, 0.1) is 10.2 Å². The smallest absolute Gasteiger partial charge is 0.335 e. The maximum atomic E-state index is 14.0. The SMILES string of the molecule is O=C1NC(=O)N(c2ccccc2)C(=O)/C1=C/c1cc(Br)cc(Br)c1OCc1ccccc1F. The Labute approximate surface area is 205 Å². The number of barbiturate groups is 1. The fraction of sp³-hybridized carbons (Fsp3) is 0.0417. The number of benzene rings is 3. The van der Waals surface area contributed by atoms with Crippen molar-refractivity contribution in [3.05, 3.63) is 98.2 Å². The zero-order valence-electron chi connectivity index (χ0n) is 16.8. The number of hydrogen-bond donors (Lipinski definition) is 1. The molecular weight excluding hydrogens is 559 g/mol. The van der Waals surface area contributed by atoms with Crippen LogP contribution < -0.4 is 15.0 Å². The third-order valence-corrected chi connectivity index (χ3v) is 5.83. The third-order valence-electron chi connectivity index (χ3n) is 4.78. The Bertz CT molecular complexity index is 1290. The standard InChI is InChI=1S/C24H15Br2FN2O4/c25-16-10-15(21(19(26)12-16)33-13-14-6-4-5-9-20(14)27)11-18-22(30)28-24(32)29(23(18)31)17-7-2-1-3-8-17/h1-12H,13H2,(H,28,30,32)/b18-11+. The van der Waals surface area contributed by atoms with Gasteiger partial charge in [-0.1, -0.05) is 52.3 Å². The molecule has 1 heterocycles. The van der Waals surface area contributed by atoms with Crippen molar-refractivity contribution in [2.45, 2.75) is 6.61 Å². The van der Waals surface area contributed by atoms with Gasteiger partial charge in [-0.15, -0.1) is 0 Å². The number of nitrogens with zero attached hydrogens (tertiary/aromatic N) is 1. The number of hydrogen-bond acceptors (Lipinski definition) is 4. The molecule has 166 valence electrons. The molecule has 33 heavy (non-hydrogen) atoms. The molecule has 0 aliphatic carbocycles. The molecule has 0 saturated carbocycles. The highest BCUT2D eigenvalue weighted by atomic mass is 79.9. The highest BCUT2D eigenvalue weighted by Crippen LogP contribution is 2.35. The molecule has 0 aromatic heterocycles. The predicted molar refractivity (Wildman–Crippen MR) is 128 cm³/mol. The van der Waals surface area contributed by atoms with Crippen LogP contribution in [0, 0.1) is 5.82 Å². The Morgan fingerprint density at radius 2 is 1.67 bits per heavy atom. The van der Waals surface area contributed by atoms with Crippen LogP contribution in [0.15, 0.2) is 81.2 Å². The summed E-state index contributed by atoms with van der Waals surface area (Å²) in [7, 11) is 0. The van der Waals surface area contributed by atoms with E-state index in [-0.39, 0.29) is 12.2 Å². The maximum absolute atomic E-state index is 14.0. The zero-order valence-corrected chi connectivity index (χ0v) is 20.0. The van der Waals surface area contributed by atoms with Gasteiger partial charge in [0.15, 0.2) is 0 Å². The van der Waals surface area contributed by atoms with Gasteiger partial charge in [0.25, 0.3) is 11.8 Å². The van der Waals surface area contributed by atoms with Gasteiger partial charge in [-0.05, 0) is 52.3 Å². The molecule has 4 rings (SSSR count). The summed E-state index contributed by atoms with van der Waals surface area (Å²) in [4.78, 5) is 38.9. The van der Waals surface area contributed by atoms with Gasteiger partial charge in [-0.3, -0.25) is 14.9 Å². The second-order valence-corrected chi connectivity index (χ2v) is 8.75. The predicted octanol–water partition coefficient (Wildman–Crippen LogP) is 5.60. The Balaban J connectivity index is 1.72. The number of nitrogens with one attached hydrogen (secondary N) is 1. The van der Waals surface area contributed by atoms with Crippen LogP contribution in [0.25, 0.3) is 6.08 Å². The Hall–Kier alpha value is -3.30. The van der Waals surface area contributed by atoms with E-state index in [2.05, 4.69) is 37.2 Å². The van der Waals surface area contributed by atoms with Crippen LogP contribution in [0.5, 0.6) is 5.75 Å². The van der Waals surface area contributed by atoms with Crippen molar-refractivity contribution in [3.63, 3.8) is 0 Å². The lowest BCUT2D eigenvalue weighted by Crippen LogP contribution is -2.54. The first kappa shape index (κ1) is 22.9. The van der Waals surface area contributed by atoms with Gasteiger partial charge in [-0.25, -0.2) is 14.1 Å². The summed E-state index contributed by atoms with van der Waals surface area (Å²) in [6, 6.07) is 17.0. The van der Waals surface area contributed by atoms with Crippen molar-refractivity contribution in [1.82, 2.24) is 5.32 Å². The summed E-state index contributed by atoms with van der Waals surface area (Å²) in [6.45, 7) is -0.0716. The van der Waals surface area contributed by atoms with Crippen LogP contribution in [0.1, 0.15) is 11.1 Å². The number of urea groups is 1. The van der Waals surface area contributed by atoms with E-state index in [0.717, 1.165) is 4.90 Å². The van der Waals surface area contributed by atoms with Crippen molar-refractivity contribution in [2.75, 3.05) is 4.90 Å². The van der Waals surface area contributed by atoms with Crippen molar-refractivity contribution >= 4 is 61.5 Å². The highest BCUT2D eigenvalue weighted by Gasteiger charge is 2.37. The summed E-state index contributed by atoms with van der Waals surface area (Å²) < 4.78 is 21.1. The number of carbonyl (C=O) groups excluding carboxylic acids is 3. The summed E-state index contributed by atoms with van der Waals surface area (Å²) in [5.74, 6) is -1.71. The minimum atomic E-state index is -0.834. The van der Waals surface area contributed by atoms with Gasteiger partial charge >= 0.3 is 6.03 Å².